The Hall–Kier alpha value is -2.68. The summed E-state index contributed by atoms with van der Waals surface area (Å²) < 4.78 is 28.1. The maximum Gasteiger partial charge on any atom is 0.271 e. The van der Waals surface area contributed by atoms with Crippen LogP contribution < -0.4 is 10.1 Å². The Balaban J connectivity index is 1.66. The normalized spacial score (nSPS) is 11.8. The average molecular weight is 507 g/mol. The number of hydrogen-bond acceptors (Lipinski definition) is 4. The van der Waals surface area contributed by atoms with E-state index in [-0.39, 0.29) is 4.90 Å². The molecule has 0 heterocycles. The van der Waals surface area contributed by atoms with Crippen molar-refractivity contribution in [3.05, 3.63) is 93.4 Å². The number of nitrogens with zero attached hydrogens (tertiary/aromatic N) is 1. The standard InChI is InChI=1S/C21H17BrClN3O3S/c1-14(15-2-8-18(23)9-3-15)24-25-21(27)16-4-10-19(11-5-16)26-30(28,29)20-12-6-17(22)7-13-20/h2-13,26H,1H3,(H,25,27). The molecule has 2 N–H and O–H groups in total. The van der Waals surface area contributed by atoms with Crippen LogP contribution in [-0.4, -0.2) is 20.0 Å². The van der Waals surface area contributed by atoms with E-state index in [1.54, 1.807) is 43.3 Å². The van der Waals surface area contributed by atoms with E-state index < -0.39 is 15.9 Å². The first-order valence-corrected chi connectivity index (χ1v) is 11.4. The van der Waals surface area contributed by atoms with E-state index in [9.17, 15) is 13.2 Å². The topological polar surface area (TPSA) is 87.6 Å². The molecule has 0 bridgehead atoms. The smallest absolute Gasteiger partial charge is 0.271 e. The summed E-state index contributed by atoms with van der Waals surface area (Å²) in [5.74, 6) is -0.411. The number of carbonyl (C=O) groups is 1. The number of sulfonamides is 1. The van der Waals surface area contributed by atoms with Gasteiger partial charge in [0, 0.05) is 20.7 Å². The highest BCUT2D eigenvalue weighted by atomic mass is 79.9. The van der Waals surface area contributed by atoms with Crippen molar-refractivity contribution in [1.29, 1.82) is 0 Å². The molecule has 6 nitrogen and oxygen atoms in total. The number of amides is 1. The van der Waals surface area contributed by atoms with Crippen LogP contribution in [0.2, 0.25) is 5.02 Å². The van der Waals surface area contributed by atoms with E-state index in [1.165, 1.54) is 36.4 Å². The molecule has 0 aliphatic heterocycles. The summed E-state index contributed by atoms with van der Waals surface area (Å²) >= 11 is 9.13. The molecule has 3 rings (SSSR count). The van der Waals surface area contributed by atoms with Crippen molar-refractivity contribution in [3.63, 3.8) is 0 Å². The third-order valence-corrected chi connectivity index (χ3v) is 6.29. The summed E-state index contributed by atoms with van der Waals surface area (Å²) in [6.07, 6.45) is 0. The van der Waals surface area contributed by atoms with Gasteiger partial charge in [-0.05, 0) is 73.2 Å². The van der Waals surface area contributed by atoms with Gasteiger partial charge in [0.2, 0.25) is 0 Å². The minimum absolute atomic E-state index is 0.138. The minimum atomic E-state index is -3.72. The monoisotopic (exact) mass is 505 g/mol. The molecular weight excluding hydrogens is 490 g/mol. The molecule has 0 fully saturated rings. The highest BCUT2D eigenvalue weighted by Crippen LogP contribution is 2.19. The molecular formula is C21H17BrClN3O3S. The summed E-state index contributed by atoms with van der Waals surface area (Å²) in [7, 11) is -3.72. The van der Waals surface area contributed by atoms with E-state index in [2.05, 4.69) is 31.2 Å². The average Bonchev–Trinajstić information content (AvgIpc) is 2.73. The van der Waals surface area contributed by atoms with Gasteiger partial charge in [-0.25, -0.2) is 13.8 Å². The van der Waals surface area contributed by atoms with Gasteiger partial charge < -0.3 is 0 Å². The Bertz CT molecular complexity index is 1180. The highest BCUT2D eigenvalue weighted by Gasteiger charge is 2.14. The van der Waals surface area contributed by atoms with Gasteiger partial charge in [-0.1, -0.05) is 39.7 Å². The fraction of sp³-hybridized carbons (Fsp3) is 0.0476. The Morgan fingerprint density at radius 2 is 1.47 bits per heavy atom. The summed E-state index contributed by atoms with van der Waals surface area (Å²) in [5, 5.41) is 4.70. The molecule has 0 aliphatic rings. The fourth-order valence-electron chi connectivity index (χ4n) is 2.47. The molecule has 0 spiro atoms. The number of nitrogens with one attached hydrogen (secondary N) is 2. The van der Waals surface area contributed by atoms with Crippen LogP contribution >= 0.6 is 27.5 Å². The molecule has 30 heavy (non-hydrogen) atoms. The molecule has 0 atom stereocenters. The van der Waals surface area contributed by atoms with Crippen LogP contribution in [0.4, 0.5) is 5.69 Å². The van der Waals surface area contributed by atoms with Crippen LogP contribution in [0.25, 0.3) is 0 Å². The van der Waals surface area contributed by atoms with Crippen LogP contribution in [0.5, 0.6) is 0 Å². The third kappa shape index (κ3) is 5.69. The molecule has 9 heteroatoms. The van der Waals surface area contributed by atoms with Crippen molar-refractivity contribution in [2.75, 3.05) is 4.72 Å². The second kappa shape index (κ2) is 9.42. The lowest BCUT2D eigenvalue weighted by Crippen LogP contribution is -2.19. The summed E-state index contributed by atoms with van der Waals surface area (Å²) in [6, 6.07) is 19.4. The van der Waals surface area contributed by atoms with Crippen molar-refractivity contribution in [3.8, 4) is 0 Å². The first kappa shape index (κ1) is 22.0. The molecule has 0 aromatic heterocycles. The van der Waals surface area contributed by atoms with Gasteiger partial charge in [-0.2, -0.15) is 5.10 Å². The van der Waals surface area contributed by atoms with E-state index in [0.717, 1.165) is 10.0 Å². The number of carbonyl (C=O) groups excluding carboxylic acids is 1. The number of anilines is 1. The van der Waals surface area contributed by atoms with Gasteiger partial charge in [0.05, 0.1) is 10.6 Å². The van der Waals surface area contributed by atoms with Crippen molar-refractivity contribution >= 4 is 54.9 Å². The molecule has 0 radical (unpaired) electrons. The molecule has 154 valence electrons. The summed E-state index contributed by atoms with van der Waals surface area (Å²) in [6.45, 7) is 1.77. The van der Waals surface area contributed by atoms with Gasteiger partial charge in [-0.3, -0.25) is 9.52 Å². The van der Waals surface area contributed by atoms with Crippen molar-refractivity contribution in [2.45, 2.75) is 11.8 Å². The van der Waals surface area contributed by atoms with Crippen LogP contribution in [0, 0.1) is 0 Å². The van der Waals surface area contributed by atoms with E-state index in [4.69, 9.17) is 11.6 Å². The molecule has 0 unspecified atom stereocenters. The quantitative estimate of drug-likeness (QED) is 0.362. The molecule has 0 aliphatic carbocycles. The van der Waals surface area contributed by atoms with Crippen molar-refractivity contribution in [2.24, 2.45) is 5.10 Å². The van der Waals surface area contributed by atoms with Gasteiger partial charge in [0.15, 0.2) is 0 Å². The van der Waals surface area contributed by atoms with Crippen LogP contribution in [0.1, 0.15) is 22.8 Å². The molecule has 0 saturated heterocycles. The lowest BCUT2D eigenvalue weighted by Gasteiger charge is -2.09. The van der Waals surface area contributed by atoms with Crippen molar-refractivity contribution in [1.82, 2.24) is 5.43 Å². The van der Waals surface area contributed by atoms with Gasteiger partial charge in [0.1, 0.15) is 0 Å². The molecule has 1 amide bonds. The number of hydrazone groups is 1. The summed E-state index contributed by atoms with van der Waals surface area (Å²) in [5.41, 5.74) is 4.62. The predicted octanol–water partition coefficient (Wildman–Crippen LogP) is 5.06. The second-order valence-corrected chi connectivity index (χ2v) is 9.32. The highest BCUT2D eigenvalue weighted by molar-refractivity contribution is 9.10. The minimum Gasteiger partial charge on any atom is -0.280 e. The Morgan fingerprint density at radius 1 is 0.900 bits per heavy atom. The number of benzene rings is 3. The van der Waals surface area contributed by atoms with Crippen molar-refractivity contribution < 1.29 is 13.2 Å². The largest absolute Gasteiger partial charge is 0.280 e. The third-order valence-electron chi connectivity index (χ3n) is 4.11. The number of halogens is 2. The predicted molar refractivity (Wildman–Crippen MR) is 123 cm³/mol. The van der Waals surface area contributed by atoms with Crippen LogP contribution in [0.3, 0.4) is 0 Å². The van der Waals surface area contributed by atoms with Gasteiger partial charge >= 0.3 is 0 Å². The maximum absolute atomic E-state index is 12.4. The van der Waals surface area contributed by atoms with Gasteiger partial charge in [0.25, 0.3) is 15.9 Å². The molecule has 3 aromatic rings. The zero-order valence-corrected chi connectivity index (χ0v) is 18.9. The van der Waals surface area contributed by atoms with E-state index >= 15 is 0 Å². The first-order valence-electron chi connectivity index (χ1n) is 8.73. The van der Waals surface area contributed by atoms with Gasteiger partial charge in [-0.15, -0.1) is 0 Å². The fourth-order valence-corrected chi connectivity index (χ4v) is 3.92. The lowest BCUT2D eigenvalue weighted by molar-refractivity contribution is 0.0955. The maximum atomic E-state index is 12.4. The SMILES string of the molecule is CC(=NNC(=O)c1ccc(NS(=O)(=O)c2ccc(Br)cc2)cc1)c1ccc(Cl)cc1. The van der Waals surface area contributed by atoms with Crippen LogP contribution in [-0.2, 0) is 10.0 Å². The lowest BCUT2D eigenvalue weighted by atomic mass is 10.1. The first-order chi connectivity index (χ1) is 14.2. The molecule has 3 aromatic carbocycles. The molecule has 0 saturated carbocycles. The van der Waals surface area contributed by atoms with Crippen LogP contribution in [0.15, 0.2) is 87.3 Å². The Labute approximate surface area is 188 Å². The second-order valence-electron chi connectivity index (χ2n) is 6.28. The van der Waals surface area contributed by atoms with E-state index in [1.807, 2.05) is 0 Å². The van der Waals surface area contributed by atoms with E-state index in [0.29, 0.717) is 22.0 Å². The summed E-state index contributed by atoms with van der Waals surface area (Å²) in [4.78, 5) is 12.4. The zero-order valence-electron chi connectivity index (χ0n) is 15.8. The number of rotatable bonds is 6. The Kier molecular flexibility index (Phi) is 6.91. The number of hydrogen-bond donors (Lipinski definition) is 2. The Morgan fingerprint density at radius 3 is 2.07 bits per heavy atom. The zero-order chi connectivity index (χ0) is 21.7.